The largest absolute Gasteiger partial charge is 0.395 e. The molecule has 0 fully saturated rings. The SMILES string of the molecule is CCC(CO)NC(C)C(=O)c1ccc2c(c1)CCCC2. The van der Waals surface area contributed by atoms with Gasteiger partial charge < -0.3 is 10.4 Å². The van der Waals surface area contributed by atoms with Crippen molar-refractivity contribution in [3.63, 3.8) is 0 Å². The lowest BCUT2D eigenvalue weighted by Gasteiger charge is -2.21. The number of benzene rings is 1. The van der Waals surface area contributed by atoms with Crippen LogP contribution in [-0.4, -0.2) is 29.6 Å². The Morgan fingerprint density at radius 1 is 1.30 bits per heavy atom. The van der Waals surface area contributed by atoms with E-state index in [2.05, 4.69) is 17.4 Å². The van der Waals surface area contributed by atoms with Crippen molar-refractivity contribution in [2.75, 3.05) is 6.61 Å². The first-order valence-corrected chi connectivity index (χ1v) is 7.68. The van der Waals surface area contributed by atoms with Gasteiger partial charge in [0.2, 0.25) is 0 Å². The molecule has 1 aliphatic rings. The zero-order valence-electron chi connectivity index (χ0n) is 12.5. The van der Waals surface area contributed by atoms with E-state index in [-0.39, 0.29) is 24.5 Å². The van der Waals surface area contributed by atoms with Crippen LogP contribution in [0.3, 0.4) is 0 Å². The number of nitrogens with one attached hydrogen (secondary N) is 1. The Bertz CT molecular complexity index is 466. The number of aliphatic hydroxyl groups excluding tert-OH is 1. The average molecular weight is 275 g/mol. The van der Waals surface area contributed by atoms with Crippen molar-refractivity contribution < 1.29 is 9.90 Å². The summed E-state index contributed by atoms with van der Waals surface area (Å²) in [5, 5.41) is 12.4. The van der Waals surface area contributed by atoms with Gasteiger partial charge in [-0.1, -0.05) is 19.1 Å². The molecule has 1 aliphatic carbocycles. The highest BCUT2D eigenvalue weighted by Crippen LogP contribution is 2.22. The van der Waals surface area contributed by atoms with Crippen LogP contribution in [0.1, 0.15) is 54.6 Å². The first-order valence-electron chi connectivity index (χ1n) is 7.68. The third-order valence-electron chi connectivity index (χ3n) is 4.23. The van der Waals surface area contributed by atoms with Gasteiger partial charge in [0.25, 0.3) is 0 Å². The number of aliphatic hydroxyl groups is 1. The molecule has 3 nitrogen and oxygen atoms in total. The molecule has 20 heavy (non-hydrogen) atoms. The second kappa shape index (κ2) is 7.00. The van der Waals surface area contributed by atoms with E-state index in [1.54, 1.807) is 0 Å². The van der Waals surface area contributed by atoms with Crippen molar-refractivity contribution in [1.82, 2.24) is 5.32 Å². The number of ketones is 1. The standard InChI is InChI=1S/C17H25NO2/c1-3-16(11-19)18-12(2)17(20)15-9-8-13-6-4-5-7-14(13)10-15/h8-10,12,16,18-19H,3-7,11H2,1-2H3. The first-order chi connectivity index (χ1) is 9.65. The van der Waals surface area contributed by atoms with E-state index in [0.717, 1.165) is 24.8 Å². The summed E-state index contributed by atoms with van der Waals surface area (Å²) in [6.45, 7) is 3.95. The van der Waals surface area contributed by atoms with Crippen LogP contribution in [0.4, 0.5) is 0 Å². The number of hydrogen-bond acceptors (Lipinski definition) is 3. The van der Waals surface area contributed by atoms with E-state index in [1.807, 2.05) is 19.9 Å². The van der Waals surface area contributed by atoms with E-state index < -0.39 is 0 Å². The predicted molar refractivity (Wildman–Crippen MR) is 81.2 cm³/mol. The summed E-state index contributed by atoms with van der Waals surface area (Å²) in [5.74, 6) is 0.116. The molecule has 0 heterocycles. The van der Waals surface area contributed by atoms with Crippen molar-refractivity contribution in [1.29, 1.82) is 0 Å². The Morgan fingerprint density at radius 2 is 2.00 bits per heavy atom. The molecule has 110 valence electrons. The zero-order chi connectivity index (χ0) is 14.5. The molecule has 1 aromatic rings. The van der Waals surface area contributed by atoms with E-state index >= 15 is 0 Å². The summed E-state index contributed by atoms with van der Waals surface area (Å²) in [7, 11) is 0. The van der Waals surface area contributed by atoms with Crippen molar-refractivity contribution in [3.8, 4) is 0 Å². The number of carbonyl (C=O) groups excluding carboxylic acids is 1. The van der Waals surface area contributed by atoms with Gasteiger partial charge in [-0.05, 0) is 56.2 Å². The quantitative estimate of drug-likeness (QED) is 0.784. The molecular formula is C17H25NO2. The molecule has 1 aromatic carbocycles. The van der Waals surface area contributed by atoms with Crippen LogP contribution in [0, 0.1) is 0 Å². The lowest BCUT2D eigenvalue weighted by atomic mass is 9.89. The third-order valence-corrected chi connectivity index (χ3v) is 4.23. The molecule has 0 bridgehead atoms. The highest BCUT2D eigenvalue weighted by Gasteiger charge is 2.19. The van der Waals surface area contributed by atoms with E-state index in [9.17, 15) is 9.90 Å². The maximum absolute atomic E-state index is 12.5. The minimum atomic E-state index is -0.256. The van der Waals surface area contributed by atoms with Crippen molar-refractivity contribution in [3.05, 3.63) is 34.9 Å². The molecule has 0 amide bonds. The summed E-state index contributed by atoms with van der Waals surface area (Å²) in [6, 6.07) is 5.86. The van der Waals surface area contributed by atoms with Crippen molar-refractivity contribution in [2.24, 2.45) is 0 Å². The number of carbonyl (C=O) groups is 1. The minimum absolute atomic E-state index is 0.00780. The maximum atomic E-state index is 12.5. The maximum Gasteiger partial charge on any atom is 0.179 e. The molecule has 0 spiro atoms. The number of rotatable bonds is 6. The average Bonchev–Trinajstić information content (AvgIpc) is 2.51. The predicted octanol–water partition coefficient (Wildman–Crippen LogP) is 2.50. The van der Waals surface area contributed by atoms with Crippen molar-refractivity contribution in [2.45, 2.75) is 58.0 Å². The smallest absolute Gasteiger partial charge is 0.179 e. The van der Waals surface area contributed by atoms with E-state index in [0.29, 0.717) is 0 Å². The van der Waals surface area contributed by atoms with Crippen LogP contribution in [-0.2, 0) is 12.8 Å². The summed E-state index contributed by atoms with van der Waals surface area (Å²) in [4.78, 5) is 12.5. The first kappa shape index (κ1) is 15.2. The molecule has 0 radical (unpaired) electrons. The van der Waals surface area contributed by atoms with Crippen LogP contribution < -0.4 is 5.32 Å². The Hall–Kier alpha value is -1.19. The van der Waals surface area contributed by atoms with Gasteiger partial charge in [0.15, 0.2) is 5.78 Å². The van der Waals surface area contributed by atoms with E-state index in [4.69, 9.17) is 0 Å². The Morgan fingerprint density at radius 3 is 2.65 bits per heavy atom. The number of hydrogen-bond donors (Lipinski definition) is 2. The van der Waals surface area contributed by atoms with Crippen LogP contribution in [0.15, 0.2) is 18.2 Å². The molecule has 2 unspecified atom stereocenters. The summed E-state index contributed by atoms with van der Waals surface area (Å²) in [6.07, 6.45) is 5.53. The Labute approximate surface area is 121 Å². The Kier molecular flexibility index (Phi) is 5.32. The zero-order valence-corrected chi connectivity index (χ0v) is 12.5. The molecule has 0 saturated carbocycles. The monoisotopic (exact) mass is 275 g/mol. The van der Waals surface area contributed by atoms with Crippen LogP contribution >= 0.6 is 0 Å². The summed E-state index contributed by atoms with van der Waals surface area (Å²) >= 11 is 0. The lowest BCUT2D eigenvalue weighted by Crippen LogP contribution is -2.43. The highest BCUT2D eigenvalue weighted by atomic mass is 16.3. The van der Waals surface area contributed by atoms with Gasteiger partial charge in [0, 0.05) is 11.6 Å². The van der Waals surface area contributed by atoms with Gasteiger partial charge in [-0.3, -0.25) is 4.79 Å². The minimum Gasteiger partial charge on any atom is -0.395 e. The highest BCUT2D eigenvalue weighted by molar-refractivity contribution is 6.00. The van der Waals surface area contributed by atoms with Gasteiger partial charge in [-0.2, -0.15) is 0 Å². The van der Waals surface area contributed by atoms with Gasteiger partial charge in [0.1, 0.15) is 0 Å². The number of aryl methyl sites for hydroxylation is 2. The van der Waals surface area contributed by atoms with E-state index in [1.165, 1.54) is 24.0 Å². The molecule has 0 aromatic heterocycles. The summed E-state index contributed by atoms with van der Waals surface area (Å²) < 4.78 is 0. The number of Topliss-reactive ketones (excluding diaryl/α,β-unsaturated/α-hetero) is 1. The fourth-order valence-corrected chi connectivity index (χ4v) is 2.87. The fourth-order valence-electron chi connectivity index (χ4n) is 2.87. The molecule has 0 saturated heterocycles. The topological polar surface area (TPSA) is 49.3 Å². The molecule has 2 atom stereocenters. The van der Waals surface area contributed by atoms with Gasteiger partial charge in [0.05, 0.1) is 12.6 Å². The van der Waals surface area contributed by atoms with Gasteiger partial charge in [-0.25, -0.2) is 0 Å². The third kappa shape index (κ3) is 3.47. The molecular weight excluding hydrogens is 250 g/mol. The second-order valence-electron chi connectivity index (χ2n) is 5.73. The second-order valence-corrected chi connectivity index (χ2v) is 5.73. The van der Waals surface area contributed by atoms with Gasteiger partial charge >= 0.3 is 0 Å². The Balaban J connectivity index is 2.08. The number of fused-ring (bicyclic) bond motifs is 1. The molecule has 0 aliphatic heterocycles. The van der Waals surface area contributed by atoms with Gasteiger partial charge in [-0.15, -0.1) is 0 Å². The fraction of sp³-hybridized carbons (Fsp3) is 0.588. The normalized spacial score (nSPS) is 17.4. The lowest BCUT2D eigenvalue weighted by molar-refractivity contribution is 0.0935. The van der Waals surface area contributed by atoms with Crippen molar-refractivity contribution >= 4 is 5.78 Å². The van der Waals surface area contributed by atoms with Crippen LogP contribution in [0.25, 0.3) is 0 Å². The van der Waals surface area contributed by atoms with Crippen LogP contribution in [0.5, 0.6) is 0 Å². The molecule has 3 heteroatoms. The van der Waals surface area contributed by atoms with Crippen LogP contribution in [0.2, 0.25) is 0 Å². The summed E-state index contributed by atoms with van der Waals surface area (Å²) in [5.41, 5.74) is 3.53. The molecule has 2 rings (SSSR count). The molecule has 2 N–H and O–H groups in total.